The first-order valence-electron chi connectivity index (χ1n) is 6.12. The molecule has 0 fully saturated rings. The fraction of sp³-hybridized carbons (Fsp3) is 0.462. The Labute approximate surface area is 110 Å². The summed E-state index contributed by atoms with van der Waals surface area (Å²) in [4.78, 5) is 22.9. The molecule has 19 heavy (non-hydrogen) atoms. The highest BCUT2D eigenvalue weighted by molar-refractivity contribution is 5.88. The molecular formula is C13H16N2O4. The lowest BCUT2D eigenvalue weighted by Crippen LogP contribution is -2.30. The Bertz CT molecular complexity index is 539. The van der Waals surface area contributed by atoms with Crippen LogP contribution in [0.25, 0.3) is 0 Å². The van der Waals surface area contributed by atoms with Crippen LogP contribution in [0.2, 0.25) is 0 Å². The van der Waals surface area contributed by atoms with Crippen LogP contribution in [-0.4, -0.2) is 22.7 Å². The molecule has 1 N–H and O–H groups in total. The maximum absolute atomic E-state index is 11.3. The van der Waals surface area contributed by atoms with E-state index in [-0.39, 0.29) is 11.1 Å². The fourth-order valence-corrected chi connectivity index (χ4v) is 2.56. The van der Waals surface area contributed by atoms with E-state index in [2.05, 4.69) is 0 Å². The number of benzene rings is 1. The quantitative estimate of drug-likeness (QED) is 0.623. The first-order chi connectivity index (χ1) is 8.83. The normalized spacial score (nSPS) is 17.5. The zero-order valence-electron chi connectivity index (χ0n) is 10.9. The number of amides is 1. The van der Waals surface area contributed by atoms with E-state index in [1.54, 1.807) is 6.07 Å². The zero-order valence-corrected chi connectivity index (χ0v) is 10.9. The van der Waals surface area contributed by atoms with Gasteiger partial charge in [-0.2, -0.15) is 0 Å². The molecule has 6 heteroatoms. The molecule has 6 nitrogen and oxygen atoms in total. The predicted octanol–water partition coefficient (Wildman–Crippen LogP) is 3.15. The first-order valence-corrected chi connectivity index (χ1v) is 6.12. The number of nitro benzene ring substituents is 1. The summed E-state index contributed by atoms with van der Waals surface area (Å²) in [6, 6.07) is 4.47. The standard InChI is InChI=1S/C13H16N2O4/c1-13(2)6-3-7-14(12(16)17)11-8-9(15(18)19)4-5-10(11)13/h4-5,8H,3,6-7H2,1-2H3,(H,16,17). The van der Waals surface area contributed by atoms with Gasteiger partial charge in [-0.3, -0.25) is 15.0 Å². The van der Waals surface area contributed by atoms with Crippen LogP contribution in [-0.2, 0) is 5.41 Å². The van der Waals surface area contributed by atoms with E-state index in [9.17, 15) is 20.0 Å². The summed E-state index contributed by atoms with van der Waals surface area (Å²) in [5.74, 6) is 0. The number of carboxylic acid groups (broad SMARTS) is 1. The minimum atomic E-state index is -1.07. The number of carbonyl (C=O) groups is 1. The summed E-state index contributed by atoms with van der Waals surface area (Å²) in [7, 11) is 0. The smallest absolute Gasteiger partial charge is 0.411 e. The number of anilines is 1. The maximum Gasteiger partial charge on any atom is 0.411 e. The van der Waals surface area contributed by atoms with Crippen LogP contribution in [0.3, 0.4) is 0 Å². The highest BCUT2D eigenvalue weighted by atomic mass is 16.6. The van der Waals surface area contributed by atoms with Crippen molar-refractivity contribution in [1.29, 1.82) is 0 Å². The van der Waals surface area contributed by atoms with Crippen LogP contribution in [0.1, 0.15) is 32.3 Å². The third-order valence-electron chi connectivity index (χ3n) is 3.63. The molecule has 0 aliphatic carbocycles. The van der Waals surface area contributed by atoms with Crippen LogP contribution in [0.5, 0.6) is 0 Å². The zero-order chi connectivity index (χ0) is 14.2. The van der Waals surface area contributed by atoms with Gasteiger partial charge in [0, 0.05) is 18.7 Å². The Balaban J connectivity index is 2.63. The molecule has 0 atom stereocenters. The minimum absolute atomic E-state index is 0.0808. The minimum Gasteiger partial charge on any atom is -0.465 e. The van der Waals surface area contributed by atoms with Crippen molar-refractivity contribution >= 4 is 17.5 Å². The van der Waals surface area contributed by atoms with Gasteiger partial charge in [0.1, 0.15) is 0 Å². The number of non-ortho nitro benzene ring substituents is 1. The highest BCUT2D eigenvalue weighted by Gasteiger charge is 2.32. The molecule has 1 heterocycles. The van der Waals surface area contributed by atoms with Crippen LogP contribution < -0.4 is 4.90 Å². The average Bonchev–Trinajstić information content (AvgIpc) is 2.45. The van der Waals surface area contributed by atoms with Gasteiger partial charge in [-0.25, -0.2) is 4.79 Å². The lowest BCUT2D eigenvalue weighted by atomic mass is 9.80. The Morgan fingerprint density at radius 1 is 1.47 bits per heavy atom. The van der Waals surface area contributed by atoms with Gasteiger partial charge in [-0.05, 0) is 29.9 Å². The topological polar surface area (TPSA) is 83.7 Å². The van der Waals surface area contributed by atoms with Crippen molar-refractivity contribution in [3.8, 4) is 0 Å². The molecule has 2 rings (SSSR count). The summed E-state index contributed by atoms with van der Waals surface area (Å²) >= 11 is 0. The van der Waals surface area contributed by atoms with E-state index in [1.165, 1.54) is 17.0 Å². The predicted molar refractivity (Wildman–Crippen MR) is 70.7 cm³/mol. The number of hydrogen-bond donors (Lipinski definition) is 1. The molecule has 0 spiro atoms. The maximum atomic E-state index is 11.3. The van der Waals surface area contributed by atoms with Crippen LogP contribution in [0, 0.1) is 10.1 Å². The van der Waals surface area contributed by atoms with Crippen LogP contribution in [0.4, 0.5) is 16.2 Å². The van der Waals surface area contributed by atoms with E-state index in [0.717, 1.165) is 18.4 Å². The van der Waals surface area contributed by atoms with Gasteiger partial charge < -0.3 is 5.11 Å². The van der Waals surface area contributed by atoms with Gasteiger partial charge in [0.25, 0.3) is 5.69 Å². The van der Waals surface area contributed by atoms with Crippen molar-refractivity contribution < 1.29 is 14.8 Å². The first kappa shape index (κ1) is 13.3. The molecule has 1 aliphatic heterocycles. The number of nitro groups is 1. The van der Waals surface area contributed by atoms with Crippen molar-refractivity contribution in [2.45, 2.75) is 32.1 Å². The Morgan fingerprint density at radius 2 is 2.16 bits per heavy atom. The number of nitrogens with zero attached hydrogens (tertiary/aromatic N) is 2. The molecule has 0 saturated heterocycles. The number of hydrogen-bond acceptors (Lipinski definition) is 3. The molecule has 1 aromatic rings. The molecular weight excluding hydrogens is 248 g/mol. The van der Waals surface area contributed by atoms with Gasteiger partial charge in [0.2, 0.25) is 0 Å². The second-order valence-electron chi connectivity index (χ2n) is 5.38. The second-order valence-corrected chi connectivity index (χ2v) is 5.38. The van der Waals surface area contributed by atoms with Crippen molar-refractivity contribution in [2.75, 3.05) is 11.4 Å². The summed E-state index contributed by atoms with van der Waals surface area (Å²) < 4.78 is 0. The van der Waals surface area contributed by atoms with Gasteiger partial charge in [-0.1, -0.05) is 13.8 Å². The number of fused-ring (bicyclic) bond motifs is 1. The molecule has 1 amide bonds. The van der Waals surface area contributed by atoms with Crippen LogP contribution in [0.15, 0.2) is 18.2 Å². The summed E-state index contributed by atoms with van der Waals surface area (Å²) in [6.45, 7) is 4.43. The Hall–Kier alpha value is -2.11. The monoisotopic (exact) mass is 264 g/mol. The highest BCUT2D eigenvalue weighted by Crippen LogP contribution is 2.40. The Morgan fingerprint density at radius 3 is 2.74 bits per heavy atom. The summed E-state index contributed by atoms with van der Waals surface area (Å²) in [5, 5.41) is 20.1. The van der Waals surface area contributed by atoms with Crippen LogP contribution >= 0.6 is 0 Å². The van der Waals surface area contributed by atoms with E-state index in [1.807, 2.05) is 13.8 Å². The van der Waals surface area contributed by atoms with Crippen molar-refractivity contribution in [2.24, 2.45) is 0 Å². The largest absolute Gasteiger partial charge is 0.465 e. The summed E-state index contributed by atoms with van der Waals surface area (Å²) in [5.41, 5.74) is 1.01. The fourth-order valence-electron chi connectivity index (χ4n) is 2.56. The van der Waals surface area contributed by atoms with Gasteiger partial charge in [-0.15, -0.1) is 0 Å². The van der Waals surface area contributed by atoms with Crippen molar-refractivity contribution in [3.63, 3.8) is 0 Å². The molecule has 0 saturated carbocycles. The van der Waals surface area contributed by atoms with E-state index < -0.39 is 11.0 Å². The molecule has 0 radical (unpaired) electrons. The van der Waals surface area contributed by atoms with Gasteiger partial charge in [0.05, 0.1) is 10.6 Å². The molecule has 1 aromatic carbocycles. The van der Waals surface area contributed by atoms with E-state index in [4.69, 9.17) is 0 Å². The van der Waals surface area contributed by atoms with Crippen molar-refractivity contribution in [1.82, 2.24) is 0 Å². The summed E-state index contributed by atoms with van der Waals surface area (Å²) in [6.07, 6.45) is 0.517. The Kier molecular flexibility index (Phi) is 3.18. The molecule has 102 valence electrons. The molecule has 0 bridgehead atoms. The van der Waals surface area contributed by atoms with E-state index >= 15 is 0 Å². The third kappa shape index (κ3) is 2.38. The lowest BCUT2D eigenvalue weighted by Gasteiger charge is -2.26. The molecule has 0 unspecified atom stereocenters. The van der Waals surface area contributed by atoms with Gasteiger partial charge in [0.15, 0.2) is 0 Å². The van der Waals surface area contributed by atoms with Gasteiger partial charge >= 0.3 is 6.09 Å². The second kappa shape index (κ2) is 4.53. The average molecular weight is 264 g/mol. The SMILES string of the molecule is CC1(C)CCCN(C(=O)O)c2cc([N+](=O)[O-])ccc21. The third-order valence-corrected chi connectivity index (χ3v) is 3.63. The van der Waals surface area contributed by atoms with E-state index in [0.29, 0.717) is 12.2 Å². The molecule has 1 aliphatic rings. The van der Waals surface area contributed by atoms with Crippen molar-refractivity contribution in [3.05, 3.63) is 33.9 Å². The number of rotatable bonds is 1. The lowest BCUT2D eigenvalue weighted by molar-refractivity contribution is -0.384. The molecule has 0 aromatic heterocycles.